The molecule has 0 N–H and O–H groups in total. The highest BCUT2D eigenvalue weighted by Crippen LogP contribution is 2.43. The third kappa shape index (κ3) is 3.91. The average molecular weight is 424 g/mol. The smallest absolute Gasteiger partial charge is 0.146 e. The van der Waals surface area contributed by atoms with Gasteiger partial charge in [-0.1, -0.05) is 12.1 Å². The van der Waals surface area contributed by atoms with Gasteiger partial charge < -0.3 is 9.46 Å². The average Bonchev–Trinajstić information content (AvgIpc) is 3.17. The van der Waals surface area contributed by atoms with E-state index in [2.05, 4.69) is 56.3 Å². The summed E-state index contributed by atoms with van der Waals surface area (Å²) < 4.78 is 14.2. The lowest BCUT2D eigenvalue weighted by Crippen LogP contribution is -2.48. The maximum atomic E-state index is 12.3. The molecule has 2 fully saturated rings. The van der Waals surface area contributed by atoms with Crippen LogP contribution in [0.5, 0.6) is 0 Å². The summed E-state index contributed by atoms with van der Waals surface area (Å²) in [4.78, 5) is 9.36. The van der Waals surface area contributed by atoms with E-state index in [0.717, 1.165) is 55.5 Å². The fraction of sp³-hybridized carbons (Fsp3) is 0.478. The van der Waals surface area contributed by atoms with E-state index in [9.17, 15) is 4.57 Å². The summed E-state index contributed by atoms with van der Waals surface area (Å²) in [5, 5.41) is 4.56. The molecule has 0 amide bonds. The lowest BCUT2D eigenvalue weighted by atomic mass is 10.0. The minimum absolute atomic E-state index is 0.649. The van der Waals surface area contributed by atoms with Crippen LogP contribution in [0.4, 0.5) is 5.69 Å². The first-order valence-corrected chi connectivity index (χ1v) is 13.5. The van der Waals surface area contributed by atoms with Crippen molar-refractivity contribution in [1.29, 1.82) is 0 Å². The number of fused-ring (bicyclic) bond motifs is 1. The second-order valence-corrected chi connectivity index (χ2v) is 12.4. The molecular weight excluding hydrogens is 393 g/mol. The molecule has 0 spiro atoms. The standard InChI is InChI=1S/C23H30N5OP/c1-18-24-17-22-7-8-23(28(22)25-18)19-3-5-20(6-4-19)26-11-9-21(10-12-26)27-13-15-30(2,29)16-14-27/h3-8,17,21H,9-16H2,1-2H3. The quantitative estimate of drug-likeness (QED) is 0.597. The van der Waals surface area contributed by atoms with Crippen LogP contribution in [-0.4, -0.2) is 70.7 Å². The van der Waals surface area contributed by atoms with Crippen molar-refractivity contribution < 1.29 is 4.57 Å². The number of piperidine rings is 1. The Balaban J connectivity index is 1.24. The van der Waals surface area contributed by atoms with Gasteiger partial charge in [-0.25, -0.2) is 9.50 Å². The summed E-state index contributed by atoms with van der Waals surface area (Å²) in [5.74, 6) is 0.773. The largest absolute Gasteiger partial charge is 0.371 e. The Morgan fingerprint density at radius 1 is 0.967 bits per heavy atom. The molecule has 1 aromatic carbocycles. The molecule has 0 saturated carbocycles. The molecule has 2 saturated heterocycles. The predicted octanol–water partition coefficient (Wildman–Crippen LogP) is 3.98. The van der Waals surface area contributed by atoms with Crippen LogP contribution in [0.2, 0.25) is 0 Å². The zero-order chi connectivity index (χ0) is 20.7. The Morgan fingerprint density at radius 3 is 2.37 bits per heavy atom. The summed E-state index contributed by atoms with van der Waals surface area (Å²) >= 11 is 0. The van der Waals surface area contributed by atoms with Gasteiger partial charge in [0.1, 0.15) is 5.82 Å². The monoisotopic (exact) mass is 423 g/mol. The van der Waals surface area contributed by atoms with Gasteiger partial charge in [0.15, 0.2) is 0 Å². The third-order valence-electron chi connectivity index (χ3n) is 6.74. The fourth-order valence-electron chi connectivity index (χ4n) is 4.80. The van der Waals surface area contributed by atoms with Gasteiger partial charge in [0.25, 0.3) is 0 Å². The number of anilines is 1. The van der Waals surface area contributed by atoms with Gasteiger partial charge in [0.05, 0.1) is 24.5 Å². The predicted molar refractivity (Wildman–Crippen MR) is 123 cm³/mol. The number of benzene rings is 1. The van der Waals surface area contributed by atoms with Gasteiger partial charge in [-0.15, -0.1) is 0 Å². The number of hydrogen-bond acceptors (Lipinski definition) is 5. The van der Waals surface area contributed by atoms with Crippen LogP contribution >= 0.6 is 7.14 Å². The third-order valence-corrected chi connectivity index (χ3v) is 9.03. The number of aryl methyl sites for hydroxylation is 1. The first kappa shape index (κ1) is 19.8. The molecule has 0 unspecified atom stereocenters. The molecule has 2 aliphatic rings. The topological polar surface area (TPSA) is 53.7 Å². The van der Waals surface area contributed by atoms with E-state index in [0.29, 0.717) is 6.04 Å². The summed E-state index contributed by atoms with van der Waals surface area (Å²) in [6, 6.07) is 13.7. The zero-order valence-corrected chi connectivity index (χ0v) is 18.8. The highest BCUT2D eigenvalue weighted by atomic mass is 31.2. The maximum Gasteiger partial charge on any atom is 0.146 e. The molecule has 0 aliphatic carbocycles. The van der Waals surface area contributed by atoms with E-state index in [1.165, 1.54) is 24.1 Å². The van der Waals surface area contributed by atoms with Crippen molar-refractivity contribution >= 4 is 18.3 Å². The Labute approximate surface area is 178 Å². The van der Waals surface area contributed by atoms with Crippen LogP contribution < -0.4 is 4.90 Å². The van der Waals surface area contributed by atoms with Gasteiger partial charge in [0, 0.05) is 55.8 Å². The van der Waals surface area contributed by atoms with Crippen molar-refractivity contribution in [2.24, 2.45) is 0 Å². The molecule has 0 atom stereocenters. The van der Waals surface area contributed by atoms with Gasteiger partial charge in [-0.05, 0) is 50.7 Å². The van der Waals surface area contributed by atoms with Crippen LogP contribution in [0.1, 0.15) is 18.7 Å². The first-order valence-electron chi connectivity index (χ1n) is 10.9. The maximum absolute atomic E-state index is 12.3. The van der Waals surface area contributed by atoms with Gasteiger partial charge >= 0.3 is 0 Å². The molecule has 7 heteroatoms. The Morgan fingerprint density at radius 2 is 1.67 bits per heavy atom. The van der Waals surface area contributed by atoms with Crippen molar-refractivity contribution in [1.82, 2.24) is 19.5 Å². The van der Waals surface area contributed by atoms with E-state index in [1.807, 2.05) is 24.3 Å². The molecule has 4 heterocycles. The molecule has 2 aromatic heterocycles. The van der Waals surface area contributed by atoms with E-state index in [-0.39, 0.29) is 0 Å². The van der Waals surface area contributed by atoms with Crippen molar-refractivity contribution in [2.75, 3.05) is 50.1 Å². The molecule has 0 bridgehead atoms. The lowest BCUT2D eigenvalue weighted by molar-refractivity contribution is 0.182. The van der Waals surface area contributed by atoms with Gasteiger partial charge in [0.2, 0.25) is 0 Å². The van der Waals surface area contributed by atoms with Crippen molar-refractivity contribution in [3.05, 3.63) is 48.4 Å². The second-order valence-electron chi connectivity index (χ2n) is 8.91. The molecule has 3 aromatic rings. The normalized spacial score (nSPS) is 20.7. The summed E-state index contributed by atoms with van der Waals surface area (Å²) in [7, 11) is -1.84. The Hall–Kier alpha value is -2.17. The summed E-state index contributed by atoms with van der Waals surface area (Å²) in [6.45, 7) is 8.10. The summed E-state index contributed by atoms with van der Waals surface area (Å²) in [6.07, 6.45) is 6.04. The van der Waals surface area contributed by atoms with Gasteiger partial charge in [-0.3, -0.25) is 4.90 Å². The second kappa shape index (κ2) is 7.82. The van der Waals surface area contributed by atoms with Gasteiger partial charge in [-0.2, -0.15) is 5.10 Å². The molecule has 0 radical (unpaired) electrons. The highest BCUT2D eigenvalue weighted by molar-refractivity contribution is 7.63. The minimum Gasteiger partial charge on any atom is -0.371 e. The zero-order valence-electron chi connectivity index (χ0n) is 17.9. The molecule has 30 heavy (non-hydrogen) atoms. The van der Waals surface area contributed by atoms with Crippen LogP contribution in [0.25, 0.3) is 16.8 Å². The van der Waals surface area contributed by atoms with Crippen LogP contribution in [0, 0.1) is 6.92 Å². The van der Waals surface area contributed by atoms with Crippen LogP contribution in [0.15, 0.2) is 42.6 Å². The number of nitrogens with zero attached hydrogens (tertiary/aromatic N) is 5. The number of hydrogen-bond donors (Lipinski definition) is 0. The van der Waals surface area contributed by atoms with Crippen molar-refractivity contribution in [3.8, 4) is 11.3 Å². The van der Waals surface area contributed by atoms with Crippen molar-refractivity contribution in [3.63, 3.8) is 0 Å². The van der Waals surface area contributed by atoms with E-state index >= 15 is 0 Å². The lowest BCUT2D eigenvalue weighted by Gasteiger charge is -2.42. The fourth-order valence-corrected chi connectivity index (χ4v) is 6.39. The molecular formula is C23H30N5OP. The number of rotatable bonds is 3. The first-order chi connectivity index (χ1) is 14.5. The highest BCUT2D eigenvalue weighted by Gasteiger charge is 2.30. The van der Waals surface area contributed by atoms with E-state index < -0.39 is 7.14 Å². The SMILES string of the molecule is Cc1ncc2ccc(-c3ccc(N4CCC(N5CCP(C)(=O)CC5)CC4)cc3)n2n1. The van der Waals surface area contributed by atoms with Crippen LogP contribution in [0.3, 0.4) is 0 Å². The van der Waals surface area contributed by atoms with Crippen LogP contribution in [-0.2, 0) is 4.57 Å². The molecule has 2 aliphatic heterocycles. The summed E-state index contributed by atoms with van der Waals surface area (Å²) in [5.41, 5.74) is 4.57. The van der Waals surface area contributed by atoms with Crippen molar-refractivity contribution in [2.45, 2.75) is 25.8 Å². The molecule has 158 valence electrons. The Bertz CT molecular complexity index is 1070. The molecule has 5 rings (SSSR count). The number of aromatic nitrogens is 3. The molecule has 6 nitrogen and oxygen atoms in total. The Kier molecular flexibility index (Phi) is 5.16. The van der Waals surface area contributed by atoms with E-state index in [4.69, 9.17) is 0 Å². The minimum atomic E-state index is -1.84. The van der Waals surface area contributed by atoms with E-state index in [1.54, 1.807) is 0 Å².